The zero-order valence-electron chi connectivity index (χ0n) is 9.73. The van der Waals surface area contributed by atoms with Crippen molar-refractivity contribution >= 4 is 5.96 Å². The molecule has 1 fully saturated rings. The van der Waals surface area contributed by atoms with Gasteiger partial charge in [-0.1, -0.05) is 18.2 Å². The van der Waals surface area contributed by atoms with Gasteiger partial charge in [0, 0.05) is 12.5 Å². The molecule has 0 bridgehead atoms. The van der Waals surface area contributed by atoms with Crippen LogP contribution >= 0.6 is 0 Å². The maximum Gasteiger partial charge on any atom is 0.188 e. The summed E-state index contributed by atoms with van der Waals surface area (Å²) >= 11 is 0. The molecule has 1 saturated carbocycles. The minimum Gasteiger partial charge on any atom is -0.488 e. The molecule has 4 heteroatoms. The molecule has 17 heavy (non-hydrogen) atoms. The van der Waals surface area contributed by atoms with Crippen molar-refractivity contribution in [3.63, 3.8) is 0 Å². The van der Waals surface area contributed by atoms with Crippen molar-refractivity contribution in [2.24, 2.45) is 10.7 Å². The monoisotopic (exact) mass is 231 g/mol. The quantitative estimate of drug-likeness (QED) is 0.604. The smallest absolute Gasteiger partial charge is 0.188 e. The second-order valence-corrected chi connectivity index (χ2v) is 4.70. The molecule has 90 valence electrons. The van der Waals surface area contributed by atoms with E-state index in [1.54, 1.807) is 0 Å². The molecule has 1 heterocycles. The van der Waals surface area contributed by atoms with Crippen LogP contribution in [0.15, 0.2) is 29.3 Å². The predicted octanol–water partition coefficient (Wildman–Crippen LogP) is 1.06. The molecule has 0 spiro atoms. The van der Waals surface area contributed by atoms with E-state index in [0.29, 0.717) is 18.5 Å². The average molecular weight is 231 g/mol. The lowest BCUT2D eigenvalue weighted by Gasteiger charge is -2.08. The number of benzene rings is 1. The van der Waals surface area contributed by atoms with Crippen molar-refractivity contribution in [2.75, 3.05) is 6.54 Å². The first-order chi connectivity index (χ1) is 8.31. The molecule has 1 aliphatic heterocycles. The van der Waals surface area contributed by atoms with E-state index < -0.39 is 0 Å². The molecule has 0 saturated heterocycles. The Kier molecular flexibility index (Phi) is 2.63. The number of hydrogen-bond acceptors (Lipinski definition) is 2. The van der Waals surface area contributed by atoms with Gasteiger partial charge in [-0.05, 0) is 24.5 Å². The highest BCUT2D eigenvalue weighted by Crippen LogP contribution is 2.28. The van der Waals surface area contributed by atoms with Gasteiger partial charge in [-0.3, -0.25) is 0 Å². The van der Waals surface area contributed by atoms with Crippen LogP contribution in [0.2, 0.25) is 0 Å². The summed E-state index contributed by atoms with van der Waals surface area (Å²) in [6.07, 6.45) is 3.48. The number of guanidine groups is 1. The molecule has 0 aromatic heterocycles. The third kappa shape index (κ3) is 2.52. The summed E-state index contributed by atoms with van der Waals surface area (Å²) in [5.41, 5.74) is 7.05. The van der Waals surface area contributed by atoms with Crippen LogP contribution in [-0.2, 0) is 6.42 Å². The van der Waals surface area contributed by atoms with E-state index in [0.717, 1.165) is 12.2 Å². The van der Waals surface area contributed by atoms with Gasteiger partial charge in [0.25, 0.3) is 0 Å². The zero-order chi connectivity index (χ0) is 11.7. The van der Waals surface area contributed by atoms with Crippen LogP contribution in [0.3, 0.4) is 0 Å². The number of para-hydroxylation sites is 1. The molecule has 2 aliphatic rings. The van der Waals surface area contributed by atoms with E-state index >= 15 is 0 Å². The Morgan fingerprint density at radius 2 is 2.24 bits per heavy atom. The van der Waals surface area contributed by atoms with Crippen molar-refractivity contribution in [3.8, 4) is 5.75 Å². The van der Waals surface area contributed by atoms with E-state index in [-0.39, 0.29) is 6.10 Å². The van der Waals surface area contributed by atoms with Crippen LogP contribution in [-0.4, -0.2) is 24.7 Å². The maximum absolute atomic E-state index is 5.79. The Morgan fingerprint density at radius 3 is 3.00 bits per heavy atom. The predicted molar refractivity (Wildman–Crippen MR) is 67.2 cm³/mol. The zero-order valence-corrected chi connectivity index (χ0v) is 9.73. The molecule has 1 aromatic rings. The standard InChI is InChI=1S/C13H17N3O/c14-13(16-10-5-6-10)15-8-11-7-9-3-1-2-4-12(9)17-11/h1-4,10-11H,5-8H2,(H3,14,15,16)/t11-/m0/s1. The largest absolute Gasteiger partial charge is 0.488 e. The molecular weight excluding hydrogens is 214 g/mol. The summed E-state index contributed by atoms with van der Waals surface area (Å²) in [7, 11) is 0. The lowest BCUT2D eigenvalue weighted by Crippen LogP contribution is -2.34. The van der Waals surface area contributed by atoms with Gasteiger partial charge in [-0.25, -0.2) is 4.99 Å². The summed E-state index contributed by atoms with van der Waals surface area (Å²) in [4.78, 5) is 4.33. The van der Waals surface area contributed by atoms with Gasteiger partial charge in [0.15, 0.2) is 5.96 Å². The van der Waals surface area contributed by atoms with Gasteiger partial charge in [-0.2, -0.15) is 0 Å². The SMILES string of the molecule is NC(=NC[C@@H]1Cc2ccccc2O1)NC1CC1. The molecule has 1 aliphatic carbocycles. The second kappa shape index (κ2) is 4.28. The van der Waals surface area contributed by atoms with Crippen LogP contribution in [0.4, 0.5) is 0 Å². The van der Waals surface area contributed by atoms with Crippen molar-refractivity contribution < 1.29 is 4.74 Å². The molecule has 0 unspecified atom stereocenters. The van der Waals surface area contributed by atoms with Crippen LogP contribution in [0, 0.1) is 0 Å². The molecule has 3 N–H and O–H groups in total. The van der Waals surface area contributed by atoms with E-state index in [1.807, 2.05) is 18.2 Å². The van der Waals surface area contributed by atoms with Gasteiger partial charge in [0.05, 0.1) is 6.54 Å². The van der Waals surface area contributed by atoms with Crippen molar-refractivity contribution in [1.29, 1.82) is 0 Å². The van der Waals surface area contributed by atoms with E-state index in [9.17, 15) is 0 Å². The van der Waals surface area contributed by atoms with Crippen LogP contribution < -0.4 is 15.8 Å². The number of ether oxygens (including phenoxy) is 1. The Bertz CT molecular complexity index is 415. The van der Waals surface area contributed by atoms with E-state index in [2.05, 4.69) is 16.4 Å². The van der Waals surface area contributed by atoms with Crippen molar-refractivity contribution in [2.45, 2.75) is 31.4 Å². The second-order valence-electron chi connectivity index (χ2n) is 4.70. The minimum atomic E-state index is 0.131. The van der Waals surface area contributed by atoms with Crippen LogP contribution in [0.25, 0.3) is 0 Å². The van der Waals surface area contributed by atoms with Crippen molar-refractivity contribution in [1.82, 2.24) is 5.32 Å². The number of hydrogen-bond donors (Lipinski definition) is 2. The van der Waals surface area contributed by atoms with E-state index in [4.69, 9.17) is 10.5 Å². The van der Waals surface area contributed by atoms with Crippen LogP contribution in [0.1, 0.15) is 18.4 Å². The highest BCUT2D eigenvalue weighted by molar-refractivity contribution is 5.78. The third-order valence-corrected chi connectivity index (χ3v) is 3.11. The molecule has 1 atom stereocenters. The number of fused-ring (bicyclic) bond motifs is 1. The van der Waals surface area contributed by atoms with Gasteiger partial charge in [0.1, 0.15) is 11.9 Å². The third-order valence-electron chi connectivity index (χ3n) is 3.11. The highest BCUT2D eigenvalue weighted by Gasteiger charge is 2.23. The number of rotatable bonds is 3. The molecular formula is C13H17N3O. The first-order valence-electron chi connectivity index (χ1n) is 6.12. The van der Waals surface area contributed by atoms with Crippen molar-refractivity contribution in [3.05, 3.63) is 29.8 Å². The lowest BCUT2D eigenvalue weighted by atomic mass is 10.1. The maximum atomic E-state index is 5.79. The molecule has 3 rings (SSSR count). The summed E-state index contributed by atoms with van der Waals surface area (Å²) in [5.74, 6) is 1.54. The summed E-state index contributed by atoms with van der Waals surface area (Å²) in [6.45, 7) is 0.625. The Labute approximate surface area is 101 Å². The number of nitrogens with one attached hydrogen (secondary N) is 1. The first kappa shape index (κ1) is 10.4. The fourth-order valence-electron chi connectivity index (χ4n) is 2.04. The molecule has 0 radical (unpaired) electrons. The van der Waals surface area contributed by atoms with E-state index in [1.165, 1.54) is 18.4 Å². The minimum absolute atomic E-state index is 0.131. The van der Waals surface area contributed by atoms with Crippen LogP contribution in [0.5, 0.6) is 5.75 Å². The molecule has 4 nitrogen and oxygen atoms in total. The summed E-state index contributed by atoms with van der Waals surface area (Å²) < 4.78 is 5.79. The molecule has 1 aromatic carbocycles. The van der Waals surface area contributed by atoms with Gasteiger partial charge in [-0.15, -0.1) is 0 Å². The van der Waals surface area contributed by atoms with Gasteiger partial charge in [0.2, 0.25) is 0 Å². The summed E-state index contributed by atoms with van der Waals surface area (Å²) in [5, 5.41) is 3.17. The number of nitrogens with two attached hydrogens (primary N) is 1. The fourth-order valence-corrected chi connectivity index (χ4v) is 2.04. The Morgan fingerprint density at radius 1 is 1.41 bits per heavy atom. The molecule has 0 amide bonds. The normalized spacial score (nSPS) is 23.1. The Hall–Kier alpha value is -1.71. The fraction of sp³-hybridized carbons (Fsp3) is 0.462. The Balaban J connectivity index is 1.54. The number of aliphatic imine (C=N–C) groups is 1. The first-order valence-corrected chi connectivity index (χ1v) is 6.12. The number of nitrogens with zero attached hydrogens (tertiary/aromatic N) is 1. The highest BCUT2D eigenvalue weighted by atomic mass is 16.5. The average Bonchev–Trinajstić information content (AvgIpc) is 3.03. The topological polar surface area (TPSA) is 59.6 Å². The summed E-state index contributed by atoms with van der Waals surface area (Å²) in [6, 6.07) is 8.69. The lowest BCUT2D eigenvalue weighted by molar-refractivity contribution is 0.242. The van der Waals surface area contributed by atoms with Gasteiger partial charge < -0.3 is 15.8 Å². The van der Waals surface area contributed by atoms with Gasteiger partial charge >= 0.3 is 0 Å².